The second-order valence-corrected chi connectivity index (χ2v) is 8.98. The molecule has 0 spiro atoms. The number of sulfonamides is 1. The number of rotatable bonds is 8. The summed E-state index contributed by atoms with van der Waals surface area (Å²) in [4.78, 5) is 17.7. The van der Waals surface area contributed by atoms with Crippen LogP contribution in [-0.4, -0.2) is 57.2 Å². The molecule has 1 amide bonds. The molecule has 0 aromatic heterocycles. The summed E-state index contributed by atoms with van der Waals surface area (Å²) >= 11 is 0. The molecule has 2 aromatic rings. The summed E-state index contributed by atoms with van der Waals surface area (Å²) in [6.45, 7) is 1.57. The van der Waals surface area contributed by atoms with Crippen molar-refractivity contribution < 1.29 is 22.4 Å². The van der Waals surface area contributed by atoms with Gasteiger partial charge in [-0.25, -0.2) is 18.3 Å². The minimum atomic E-state index is -3.66. The minimum absolute atomic E-state index is 0.297. The first-order valence-electron chi connectivity index (χ1n) is 9.83. The first-order chi connectivity index (χ1) is 15.0. The molecule has 1 heterocycles. The normalized spacial score (nSPS) is 15.6. The lowest BCUT2D eigenvalue weighted by Gasteiger charge is -2.35. The number of hydrogen-bond acceptors (Lipinski definition) is 5. The third-order valence-electron chi connectivity index (χ3n) is 4.84. The highest BCUT2D eigenvalue weighted by Crippen LogP contribution is 2.18. The molecule has 9 heteroatoms. The van der Waals surface area contributed by atoms with Crippen LogP contribution in [0.4, 0.5) is 10.1 Å². The Morgan fingerprint density at radius 2 is 1.74 bits per heavy atom. The number of halogens is 1. The van der Waals surface area contributed by atoms with Gasteiger partial charge in [0.05, 0.1) is 0 Å². The molecule has 1 N–H and O–H groups in total. The summed E-state index contributed by atoms with van der Waals surface area (Å²) in [5.41, 5.74) is 3.90. The van der Waals surface area contributed by atoms with Crippen LogP contribution < -0.4 is 10.4 Å². The van der Waals surface area contributed by atoms with Crippen molar-refractivity contribution in [3.05, 3.63) is 66.0 Å². The van der Waals surface area contributed by atoms with Gasteiger partial charge in [-0.05, 0) is 29.8 Å². The van der Waals surface area contributed by atoms with Crippen molar-refractivity contribution in [3.63, 3.8) is 0 Å². The van der Waals surface area contributed by atoms with Crippen LogP contribution in [0.15, 0.2) is 54.6 Å². The molecular weight excluding hydrogens is 421 g/mol. The van der Waals surface area contributed by atoms with Gasteiger partial charge in [0, 0.05) is 38.3 Å². The average molecular weight is 446 g/mol. The summed E-state index contributed by atoms with van der Waals surface area (Å²) in [7, 11) is -3.66. The quantitative estimate of drug-likeness (QED) is 0.379. The Hall–Kier alpha value is -2.93. The van der Waals surface area contributed by atoms with Crippen LogP contribution in [0.1, 0.15) is 5.56 Å². The van der Waals surface area contributed by atoms with Gasteiger partial charge in [0.25, 0.3) is 0 Å². The van der Waals surface area contributed by atoms with Gasteiger partial charge >= 0.3 is 0 Å². The van der Waals surface area contributed by atoms with E-state index in [1.165, 1.54) is 16.4 Å². The van der Waals surface area contributed by atoms with Crippen LogP contribution in [0.3, 0.4) is 0 Å². The Morgan fingerprint density at radius 3 is 2.39 bits per heavy atom. The lowest BCUT2D eigenvalue weighted by atomic mass is 10.1. The molecule has 1 aliphatic heterocycles. The van der Waals surface area contributed by atoms with E-state index in [-0.39, 0.29) is 11.6 Å². The smallest absolute Gasteiger partial charge is 0.230 e. The highest BCUT2D eigenvalue weighted by Gasteiger charge is 2.29. The molecule has 1 unspecified atom stereocenters. The number of carbonyl (C=O) groups is 1. The number of benzene rings is 2. The molecule has 2 aromatic carbocycles. The van der Waals surface area contributed by atoms with Gasteiger partial charge in [-0.3, -0.25) is 9.63 Å². The third kappa shape index (κ3) is 6.79. The number of hydroxylamine groups is 1. The molecule has 1 fully saturated rings. The molecule has 0 saturated carbocycles. The SMILES string of the molecule is O=CNOC(C#CCc1ccccc1)CS(=O)(=O)N1CCN(c2ccc(F)cc2)CC1. The van der Waals surface area contributed by atoms with Crippen LogP contribution in [0.2, 0.25) is 0 Å². The zero-order valence-electron chi connectivity index (χ0n) is 16.9. The van der Waals surface area contributed by atoms with E-state index in [0.717, 1.165) is 11.3 Å². The van der Waals surface area contributed by atoms with E-state index >= 15 is 0 Å². The molecule has 0 radical (unpaired) electrons. The maximum Gasteiger partial charge on any atom is 0.230 e. The fraction of sp³-hybridized carbons (Fsp3) is 0.318. The standard InChI is InChI=1S/C22H24FN3O4S/c23-20-9-11-21(12-10-20)25-13-15-26(16-14-25)31(28,29)17-22(30-24-18-27)8-4-7-19-5-2-1-3-6-19/h1-3,5-6,9-12,18,22H,7,13-17H2,(H,24,27). The van der Waals surface area contributed by atoms with Crippen molar-refractivity contribution >= 4 is 22.1 Å². The van der Waals surface area contributed by atoms with E-state index in [1.807, 2.05) is 35.2 Å². The number of amides is 1. The van der Waals surface area contributed by atoms with Gasteiger partial charge in [-0.15, -0.1) is 0 Å². The van der Waals surface area contributed by atoms with Crippen LogP contribution in [0, 0.1) is 17.7 Å². The number of nitrogens with zero attached hydrogens (tertiary/aromatic N) is 2. The number of hydrogen-bond donors (Lipinski definition) is 1. The lowest BCUT2D eigenvalue weighted by Crippen LogP contribution is -2.50. The Labute approximate surface area is 181 Å². The zero-order chi connectivity index (χ0) is 22.1. The average Bonchev–Trinajstić information content (AvgIpc) is 2.78. The highest BCUT2D eigenvalue weighted by molar-refractivity contribution is 7.89. The second kappa shape index (κ2) is 10.9. The fourth-order valence-electron chi connectivity index (χ4n) is 3.25. The molecular formula is C22H24FN3O4S. The molecule has 0 aliphatic carbocycles. The third-order valence-corrected chi connectivity index (χ3v) is 6.72. The van der Waals surface area contributed by atoms with Gasteiger partial charge in [0.15, 0.2) is 6.10 Å². The van der Waals surface area contributed by atoms with Gasteiger partial charge < -0.3 is 4.90 Å². The second-order valence-electron chi connectivity index (χ2n) is 6.97. The summed E-state index contributed by atoms with van der Waals surface area (Å²) in [6.07, 6.45) is -0.216. The number of anilines is 1. The van der Waals surface area contributed by atoms with Crippen LogP contribution in [0.25, 0.3) is 0 Å². The topological polar surface area (TPSA) is 78.9 Å². The van der Waals surface area contributed by atoms with Gasteiger partial charge in [-0.1, -0.05) is 42.2 Å². The number of nitrogens with one attached hydrogen (secondary N) is 1. The Balaban J connectivity index is 1.60. The maximum atomic E-state index is 13.1. The summed E-state index contributed by atoms with van der Waals surface area (Å²) in [5.74, 6) is 5.03. The summed E-state index contributed by atoms with van der Waals surface area (Å²) in [6, 6.07) is 15.7. The first-order valence-corrected chi connectivity index (χ1v) is 11.4. The predicted octanol–water partition coefficient (Wildman–Crippen LogP) is 1.57. The van der Waals surface area contributed by atoms with Crippen molar-refractivity contribution in [2.24, 2.45) is 0 Å². The number of carbonyl (C=O) groups excluding carboxylic acids is 1. The minimum Gasteiger partial charge on any atom is -0.369 e. The van der Waals surface area contributed by atoms with Crippen molar-refractivity contribution in [3.8, 4) is 11.8 Å². The molecule has 1 saturated heterocycles. The maximum absolute atomic E-state index is 13.1. The Morgan fingerprint density at radius 1 is 1.06 bits per heavy atom. The van der Waals surface area contributed by atoms with Gasteiger partial charge in [0.1, 0.15) is 11.6 Å². The molecule has 164 valence electrons. The van der Waals surface area contributed by atoms with Crippen molar-refractivity contribution in [1.29, 1.82) is 0 Å². The van der Waals surface area contributed by atoms with E-state index in [1.54, 1.807) is 12.1 Å². The molecule has 7 nitrogen and oxygen atoms in total. The molecule has 3 rings (SSSR count). The summed E-state index contributed by atoms with van der Waals surface area (Å²) in [5, 5.41) is 0. The molecule has 31 heavy (non-hydrogen) atoms. The van der Waals surface area contributed by atoms with E-state index < -0.39 is 16.1 Å². The van der Waals surface area contributed by atoms with E-state index in [9.17, 15) is 17.6 Å². The molecule has 1 atom stereocenters. The molecule has 1 aliphatic rings. The Kier molecular flexibility index (Phi) is 8.00. The zero-order valence-corrected chi connectivity index (χ0v) is 17.7. The summed E-state index contributed by atoms with van der Waals surface area (Å²) < 4.78 is 40.3. The van der Waals surface area contributed by atoms with E-state index in [4.69, 9.17) is 4.84 Å². The van der Waals surface area contributed by atoms with Crippen LogP contribution >= 0.6 is 0 Å². The van der Waals surface area contributed by atoms with Crippen molar-refractivity contribution in [2.75, 3.05) is 36.8 Å². The highest BCUT2D eigenvalue weighted by atomic mass is 32.2. The number of piperazine rings is 1. The van der Waals surface area contributed by atoms with Crippen LogP contribution in [-0.2, 0) is 26.1 Å². The Bertz CT molecular complexity index is 1010. The first kappa shape index (κ1) is 22.7. The van der Waals surface area contributed by atoms with Gasteiger partial charge in [-0.2, -0.15) is 4.31 Å². The van der Waals surface area contributed by atoms with Crippen molar-refractivity contribution in [1.82, 2.24) is 9.79 Å². The lowest BCUT2D eigenvalue weighted by molar-refractivity contribution is -0.122. The van der Waals surface area contributed by atoms with E-state index in [0.29, 0.717) is 39.0 Å². The van der Waals surface area contributed by atoms with Crippen molar-refractivity contribution in [2.45, 2.75) is 12.5 Å². The van der Waals surface area contributed by atoms with Gasteiger partial charge in [0.2, 0.25) is 16.4 Å². The monoisotopic (exact) mass is 445 g/mol. The largest absolute Gasteiger partial charge is 0.369 e. The van der Waals surface area contributed by atoms with Crippen LogP contribution in [0.5, 0.6) is 0 Å². The van der Waals surface area contributed by atoms with E-state index in [2.05, 4.69) is 17.3 Å². The predicted molar refractivity (Wildman–Crippen MR) is 116 cm³/mol. The molecule has 0 bridgehead atoms. The fourth-order valence-corrected chi connectivity index (χ4v) is 4.72.